The lowest BCUT2D eigenvalue weighted by Gasteiger charge is -2.29. The second kappa shape index (κ2) is 10.8. The Morgan fingerprint density at radius 1 is 1.05 bits per heavy atom. The highest BCUT2D eigenvalue weighted by Gasteiger charge is 2.25. The molecular formula is C30H28ClN5O2S. The average Bonchev–Trinajstić information content (AvgIpc) is 3.58. The van der Waals surface area contributed by atoms with Crippen molar-refractivity contribution in [1.29, 1.82) is 0 Å². The SMILES string of the molecule is Cc1ncc(Cl)cc1C(=O)N[C@H]1CC[C@H](Cn2c(=O)n(-c3ccc(-c4nccs4)cc3)c3ccccc32)CC1. The van der Waals surface area contributed by atoms with Crippen molar-refractivity contribution in [2.45, 2.75) is 45.2 Å². The molecule has 7 nitrogen and oxygen atoms in total. The molecule has 6 rings (SSSR count). The third-order valence-electron chi connectivity index (χ3n) is 7.56. The van der Waals surface area contributed by atoms with Crippen molar-refractivity contribution in [1.82, 2.24) is 24.4 Å². The number of thiazole rings is 1. The van der Waals surface area contributed by atoms with Crippen molar-refractivity contribution < 1.29 is 4.79 Å². The number of pyridine rings is 1. The summed E-state index contributed by atoms with van der Waals surface area (Å²) in [5, 5.41) is 6.53. The highest BCUT2D eigenvalue weighted by atomic mass is 35.5. The first-order valence-electron chi connectivity index (χ1n) is 13.1. The first-order valence-corrected chi connectivity index (χ1v) is 14.4. The number of carbonyl (C=O) groups excluding carboxylic acids is 1. The molecule has 0 spiro atoms. The van der Waals surface area contributed by atoms with Crippen molar-refractivity contribution in [2.24, 2.45) is 5.92 Å². The molecule has 0 aliphatic heterocycles. The minimum atomic E-state index is -0.133. The van der Waals surface area contributed by atoms with Gasteiger partial charge in [-0.05, 0) is 81.0 Å². The number of hydrogen-bond donors (Lipinski definition) is 1. The van der Waals surface area contributed by atoms with Crippen LogP contribution in [0.5, 0.6) is 0 Å². The van der Waals surface area contributed by atoms with Gasteiger partial charge in [-0.15, -0.1) is 11.3 Å². The summed E-state index contributed by atoms with van der Waals surface area (Å²) in [6, 6.07) is 17.7. The number of benzene rings is 2. The van der Waals surface area contributed by atoms with Crippen molar-refractivity contribution in [2.75, 3.05) is 0 Å². The quantitative estimate of drug-likeness (QED) is 0.267. The maximum Gasteiger partial charge on any atom is 0.333 e. The molecule has 39 heavy (non-hydrogen) atoms. The summed E-state index contributed by atoms with van der Waals surface area (Å²) in [6.45, 7) is 2.47. The Hall–Kier alpha value is -3.75. The lowest BCUT2D eigenvalue weighted by molar-refractivity contribution is 0.0919. The van der Waals surface area contributed by atoms with Crippen LogP contribution < -0.4 is 11.0 Å². The summed E-state index contributed by atoms with van der Waals surface area (Å²) < 4.78 is 3.71. The standard InChI is InChI=1S/C30H28ClN5O2S/c1-19-25(16-22(31)17-33-19)28(37)34-23-10-6-20(7-11-23)18-35-26-4-2-3-5-27(26)36(30(35)38)24-12-8-21(9-13-24)29-32-14-15-39-29/h2-5,8-9,12-17,20,23H,6-7,10-11,18H2,1H3,(H,34,37)/t20-,23-. The first kappa shape index (κ1) is 25.5. The number of rotatable bonds is 6. The van der Waals surface area contributed by atoms with Crippen molar-refractivity contribution in [3.8, 4) is 16.3 Å². The predicted molar refractivity (Wildman–Crippen MR) is 156 cm³/mol. The Morgan fingerprint density at radius 3 is 2.51 bits per heavy atom. The van der Waals surface area contributed by atoms with Crippen LogP contribution in [0.1, 0.15) is 41.7 Å². The van der Waals surface area contributed by atoms with E-state index in [2.05, 4.69) is 15.3 Å². The Labute approximate surface area is 235 Å². The van der Waals surface area contributed by atoms with Gasteiger partial charge >= 0.3 is 5.69 Å². The van der Waals surface area contributed by atoms with E-state index in [1.165, 1.54) is 0 Å². The number of halogens is 1. The van der Waals surface area contributed by atoms with Gasteiger partial charge in [0.25, 0.3) is 5.91 Å². The molecule has 3 heterocycles. The summed E-state index contributed by atoms with van der Waals surface area (Å²) in [5.41, 5.74) is 4.87. The molecule has 3 aromatic heterocycles. The predicted octanol–water partition coefficient (Wildman–Crippen LogP) is 6.26. The monoisotopic (exact) mass is 557 g/mol. The van der Waals surface area contributed by atoms with Crippen molar-refractivity contribution in [3.63, 3.8) is 0 Å². The fraction of sp³-hybridized carbons (Fsp3) is 0.267. The topological polar surface area (TPSA) is 81.8 Å². The number of fused-ring (bicyclic) bond motifs is 1. The maximum atomic E-state index is 13.7. The van der Waals surface area contributed by atoms with Crippen LogP contribution in [0, 0.1) is 12.8 Å². The molecule has 0 atom stereocenters. The summed E-state index contributed by atoms with van der Waals surface area (Å²) in [6.07, 6.45) is 6.96. The number of hydrogen-bond acceptors (Lipinski definition) is 5. The summed E-state index contributed by atoms with van der Waals surface area (Å²) in [5.74, 6) is 0.225. The molecule has 0 bridgehead atoms. The zero-order valence-corrected chi connectivity index (χ0v) is 23.1. The van der Waals surface area contributed by atoms with Gasteiger partial charge in [0.2, 0.25) is 0 Å². The van der Waals surface area contributed by atoms with Gasteiger partial charge in [0.05, 0.1) is 33.0 Å². The van der Waals surface area contributed by atoms with Gasteiger partial charge in [-0.2, -0.15) is 0 Å². The highest BCUT2D eigenvalue weighted by molar-refractivity contribution is 7.13. The Bertz CT molecular complexity index is 1680. The molecule has 0 radical (unpaired) electrons. The average molecular weight is 558 g/mol. The number of nitrogens with zero attached hydrogens (tertiary/aromatic N) is 4. The molecule has 2 aromatic carbocycles. The minimum Gasteiger partial charge on any atom is -0.349 e. The molecule has 1 fully saturated rings. The van der Waals surface area contributed by atoms with E-state index in [0.717, 1.165) is 53.0 Å². The number of imidazole rings is 1. The number of amides is 1. The van der Waals surface area contributed by atoms with E-state index in [4.69, 9.17) is 11.6 Å². The van der Waals surface area contributed by atoms with Crippen LogP contribution in [-0.4, -0.2) is 31.1 Å². The van der Waals surface area contributed by atoms with Crippen LogP contribution in [0.25, 0.3) is 27.3 Å². The van der Waals surface area contributed by atoms with Gasteiger partial charge in [0.1, 0.15) is 5.01 Å². The molecule has 0 unspecified atom stereocenters. The second-order valence-corrected chi connectivity index (χ2v) is 11.4. The molecule has 1 aliphatic carbocycles. The van der Waals surface area contributed by atoms with Crippen molar-refractivity contribution in [3.05, 3.63) is 99.1 Å². The van der Waals surface area contributed by atoms with Gasteiger partial charge in [0.15, 0.2) is 0 Å². The summed E-state index contributed by atoms with van der Waals surface area (Å²) in [4.78, 5) is 35.1. The summed E-state index contributed by atoms with van der Waals surface area (Å²) in [7, 11) is 0. The van der Waals surface area contributed by atoms with E-state index >= 15 is 0 Å². The zero-order chi connectivity index (χ0) is 26.9. The molecule has 5 aromatic rings. The minimum absolute atomic E-state index is 0.0300. The molecule has 1 amide bonds. The largest absolute Gasteiger partial charge is 0.349 e. The number of para-hydroxylation sites is 2. The molecule has 0 saturated heterocycles. The van der Waals surface area contributed by atoms with Gasteiger partial charge in [-0.1, -0.05) is 23.7 Å². The van der Waals surface area contributed by atoms with Crippen LogP contribution >= 0.6 is 22.9 Å². The maximum absolute atomic E-state index is 13.7. The number of nitrogens with one attached hydrogen (secondary N) is 1. The smallest absolute Gasteiger partial charge is 0.333 e. The van der Waals surface area contributed by atoms with Crippen molar-refractivity contribution >= 4 is 39.9 Å². The molecule has 1 N–H and O–H groups in total. The third kappa shape index (κ3) is 5.14. The van der Waals surface area contributed by atoms with Gasteiger partial charge in [-0.3, -0.25) is 18.9 Å². The van der Waals surface area contributed by atoms with Crippen LogP contribution in [0.15, 0.2) is 77.2 Å². The number of aryl methyl sites for hydroxylation is 1. The Morgan fingerprint density at radius 2 is 1.79 bits per heavy atom. The van der Waals surface area contributed by atoms with Crippen LogP contribution in [-0.2, 0) is 6.54 Å². The van der Waals surface area contributed by atoms with Gasteiger partial charge in [0, 0.05) is 35.9 Å². The van der Waals surface area contributed by atoms with E-state index < -0.39 is 0 Å². The third-order valence-corrected chi connectivity index (χ3v) is 8.59. The molecule has 9 heteroatoms. The van der Waals surface area contributed by atoms with E-state index in [-0.39, 0.29) is 17.6 Å². The highest BCUT2D eigenvalue weighted by Crippen LogP contribution is 2.28. The van der Waals surface area contributed by atoms with E-state index in [1.807, 2.05) is 65.4 Å². The number of aromatic nitrogens is 4. The van der Waals surface area contributed by atoms with Gasteiger partial charge in [-0.25, -0.2) is 9.78 Å². The van der Waals surface area contributed by atoms with Gasteiger partial charge < -0.3 is 5.32 Å². The normalized spacial score (nSPS) is 17.4. The fourth-order valence-corrected chi connectivity index (χ4v) is 6.30. The second-order valence-electron chi connectivity index (χ2n) is 10.1. The fourth-order valence-electron chi connectivity index (χ4n) is 5.50. The van der Waals surface area contributed by atoms with Crippen LogP contribution in [0.2, 0.25) is 5.02 Å². The van der Waals surface area contributed by atoms with E-state index in [1.54, 1.807) is 34.4 Å². The van der Waals surface area contributed by atoms with E-state index in [0.29, 0.717) is 28.7 Å². The lowest BCUT2D eigenvalue weighted by Crippen LogP contribution is -2.39. The molecule has 1 saturated carbocycles. The Balaban J connectivity index is 1.18. The molecule has 198 valence electrons. The van der Waals surface area contributed by atoms with Crippen LogP contribution in [0.4, 0.5) is 0 Å². The zero-order valence-electron chi connectivity index (χ0n) is 21.5. The van der Waals surface area contributed by atoms with E-state index in [9.17, 15) is 9.59 Å². The molecular weight excluding hydrogens is 530 g/mol. The van der Waals surface area contributed by atoms with Crippen LogP contribution in [0.3, 0.4) is 0 Å². The number of carbonyl (C=O) groups is 1. The lowest BCUT2D eigenvalue weighted by atomic mass is 9.85. The molecule has 1 aliphatic rings. The first-order chi connectivity index (χ1) is 19.0. The Kier molecular flexibility index (Phi) is 7.06. The summed E-state index contributed by atoms with van der Waals surface area (Å²) >= 11 is 7.64.